The fourth-order valence-corrected chi connectivity index (χ4v) is 3.95. The van der Waals surface area contributed by atoms with Gasteiger partial charge in [0, 0.05) is 23.1 Å². The zero-order chi connectivity index (χ0) is 23.9. The number of hydrogen-bond donors (Lipinski definition) is 0. The maximum absolute atomic E-state index is 14.7. The van der Waals surface area contributed by atoms with E-state index < -0.39 is 46.7 Å². The molecule has 2 aromatic rings. The van der Waals surface area contributed by atoms with Crippen molar-refractivity contribution in [3.63, 3.8) is 0 Å². The van der Waals surface area contributed by atoms with Crippen LogP contribution in [0.5, 0.6) is 5.75 Å². The molecule has 0 N–H and O–H groups in total. The van der Waals surface area contributed by atoms with Crippen LogP contribution in [0.15, 0.2) is 30.3 Å². The number of hydrogen-bond acceptors (Lipinski definition) is 4. The Bertz CT molecular complexity index is 980. The van der Waals surface area contributed by atoms with E-state index in [1.54, 1.807) is 0 Å². The number of halogens is 6. The van der Waals surface area contributed by atoms with E-state index in [0.29, 0.717) is 19.8 Å². The van der Waals surface area contributed by atoms with Crippen LogP contribution in [0.25, 0.3) is 0 Å². The van der Waals surface area contributed by atoms with E-state index in [4.69, 9.17) is 14.2 Å². The van der Waals surface area contributed by atoms with Crippen LogP contribution in [0.2, 0.25) is 0 Å². The summed E-state index contributed by atoms with van der Waals surface area (Å²) >= 11 is 0. The number of rotatable bonds is 8. The Morgan fingerprint density at radius 1 is 0.879 bits per heavy atom. The second-order valence-corrected chi connectivity index (χ2v) is 8.39. The SMILES string of the molecule is CCCCCC12COC(c3ccc(C(F)(F)Oc4cc(F)c(F)c(F)c4)c(F)c3)(OC1)OC2. The topological polar surface area (TPSA) is 36.9 Å². The van der Waals surface area contributed by atoms with Gasteiger partial charge in [0.2, 0.25) is 0 Å². The lowest BCUT2D eigenvalue weighted by Gasteiger charge is -2.52. The highest BCUT2D eigenvalue weighted by atomic mass is 19.3. The van der Waals surface area contributed by atoms with Crippen LogP contribution < -0.4 is 4.74 Å². The van der Waals surface area contributed by atoms with Crippen LogP contribution in [0, 0.1) is 28.7 Å². The second kappa shape index (κ2) is 8.81. The Labute approximate surface area is 186 Å². The molecule has 3 saturated heterocycles. The summed E-state index contributed by atoms with van der Waals surface area (Å²) in [5, 5.41) is 0. The molecule has 4 nitrogen and oxygen atoms in total. The van der Waals surface area contributed by atoms with E-state index in [0.717, 1.165) is 43.9 Å². The second-order valence-electron chi connectivity index (χ2n) is 8.39. The highest BCUT2D eigenvalue weighted by molar-refractivity contribution is 5.31. The van der Waals surface area contributed by atoms with E-state index in [1.807, 2.05) is 0 Å². The summed E-state index contributed by atoms with van der Waals surface area (Å²) < 4.78 is 105. The molecule has 0 atom stereocenters. The largest absolute Gasteiger partial charge is 0.429 e. The molecule has 33 heavy (non-hydrogen) atoms. The van der Waals surface area contributed by atoms with Gasteiger partial charge in [-0.25, -0.2) is 17.6 Å². The molecular formula is C23H22F6O4. The third-order valence-corrected chi connectivity index (χ3v) is 5.86. The lowest BCUT2D eigenvalue weighted by Crippen LogP contribution is -2.58. The number of ether oxygens (including phenoxy) is 4. The molecule has 0 saturated carbocycles. The maximum atomic E-state index is 14.7. The third kappa shape index (κ3) is 4.56. The molecule has 0 radical (unpaired) electrons. The third-order valence-electron chi connectivity index (χ3n) is 5.86. The van der Waals surface area contributed by atoms with Crippen LogP contribution in [0.1, 0.15) is 43.7 Å². The van der Waals surface area contributed by atoms with Crippen molar-refractivity contribution in [2.24, 2.45) is 5.41 Å². The predicted octanol–water partition coefficient (Wildman–Crippen LogP) is 6.13. The van der Waals surface area contributed by atoms with Crippen molar-refractivity contribution >= 4 is 0 Å². The Hall–Kier alpha value is -2.30. The van der Waals surface area contributed by atoms with Gasteiger partial charge in [-0.1, -0.05) is 32.3 Å². The molecule has 3 aliphatic heterocycles. The molecule has 5 rings (SSSR count). The van der Waals surface area contributed by atoms with Crippen LogP contribution in [0.3, 0.4) is 0 Å². The molecule has 0 amide bonds. The molecule has 10 heteroatoms. The zero-order valence-corrected chi connectivity index (χ0v) is 17.7. The Morgan fingerprint density at radius 2 is 1.48 bits per heavy atom. The average Bonchev–Trinajstić information content (AvgIpc) is 2.78. The summed E-state index contributed by atoms with van der Waals surface area (Å²) in [6.45, 7) is 3.06. The van der Waals surface area contributed by atoms with E-state index in [9.17, 15) is 26.3 Å². The number of alkyl halides is 2. The van der Waals surface area contributed by atoms with Gasteiger partial charge in [-0.05, 0) is 18.6 Å². The average molecular weight is 476 g/mol. The molecule has 0 spiro atoms. The fourth-order valence-electron chi connectivity index (χ4n) is 3.95. The number of benzene rings is 2. The molecule has 3 aliphatic rings. The first-order chi connectivity index (χ1) is 15.6. The van der Waals surface area contributed by atoms with Gasteiger partial charge in [-0.15, -0.1) is 0 Å². The summed E-state index contributed by atoms with van der Waals surface area (Å²) in [6, 6.07) is 3.13. The fraction of sp³-hybridized carbons (Fsp3) is 0.478. The van der Waals surface area contributed by atoms with Crippen molar-refractivity contribution in [1.29, 1.82) is 0 Å². The normalized spacial score (nSPS) is 24.8. The minimum atomic E-state index is -4.31. The zero-order valence-electron chi connectivity index (χ0n) is 17.7. The van der Waals surface area contributed by atoms with E-state index in [2.05, 4.69) is 11.7 Å². The smallest absolute Gasteiger partial charge is 0.429 e. The quantitative estimate of drug-likeness (QED) is 0.261. The van der Waals surface area contributed by atoms with Gasteiger partial charge in [0.15, 0.2) is 17.5 Å². The molecule has 0 unspecified atom stereocenters. The van der Waals surface area contributed by atoms with Crippen LogP contribution in [-0.4, -0.2) is 19.8 Å². The maximum Gasteiger partial charge on any atom is 0.429 e. The van der Waals surface area contributed by atoms with E-state index in [-0.39, 0.29) is 23.1 Å². The molecule has 180 valence electrons. The van der Waals surface area contributed by atoms with E-state index >= 15 is 0 Å². The van der Waals surface area contributed by atoms with Crippen molar-refractivity contribution in [3.8, 4) is 5.75 Å². The van der Waals surface area contributed by atoms with Crippen molar-refractivity contribution < 1.29 is 45.3 Å². The summed E-state index contributed by atoms with van der Waals surface area (Å²) in [6.07, 6.45) is -0.355. The summed E-state index contributed by atoms with van der Waals surface area (Å²) in [7, 11) is 0. The Balaban J connectivity index is 1.51. The lowest BCUT2D eigenvalue weighted by molar-refractivity contribution is -0.480. The van der Waals surface area contributed by atoms with Crippen LogP contribution >= 0.6 is 0 Å². The van der Waals surface area contributed by atoms with Gasteiger partial charge in [0.1, 0.15) is 11.6 Å². The summed E-state index contributed by atoms with van der Waals surface area (Å²) in [4.78, 5) is 0. The molecule has 3 fully saturated rings. The summed E-state index contributed by atoms with van der Waals surface area (Å²) in [5.41, 5.74) is -1.45. The van der Waals surface area contributed by atoms with Crippen molar-refractivity contribution in [1.82, 2.24) is 0 Å². The lowest BCUT2D eigenvalue weighted by atomic mass is 9.82. The van der Waals surface area contributed by atoms with Crippen molar-refractivity contribution in [2.45, 2.75) is 44.7 Å². The molecule has 2 aromatic carbocycles. The molecule has 2 bridgehead atoms. The standard InChI is InChI=1S/C23H22F6O4/c1-2-3-4-7-21-11-30-23(31-12-21,32-13-21)14-5-6-16(17(24)8-14)22(28,29)33-15-9-18(25)20(27)19(26)10-15/h5-6,8-10H,2-4,7,11-13H2,1H3. The van der Waals surface area contributed by atoms with Gasteiger partial charge < -0.3 is 18.9 Å². The Morgan fingerprint density at radius 3 is 2.03 bits per heavy atom. The van der Waals surface area contributed by atoms with Gasteiger partial charge in [-0.2, -0.15) is 8.78 Å². The molecule has 0 aromatic heterocycles. The minimum absolute atomic E-state index is 0.0419. The molecule has 0 aliphatic carbocycles. The van der Waals surface area contributed by atoms with Crippen LogP contribution in [-0.2, 0) is 26.3 Å². The predicted molar refractivity (Wildman–Crippen MR) is 103 cm³/mol. The summed E-state index contributed by atoms with van der Waals surface area (Å²) in [5.74, 6) is -9.37. The van der Waals surface area contributed by atoms with Crippen molar-refractivity contribution in [3.05, 3.63) is 64.7 Å². The van der Waals surface area contributed by atoms with Gasteiger partial charge in [0.05, 0.1) is 25.4 Å². The monoisotopic (exact) mass is 476 g/mol. The number of fused-ring (bicyclic) bond motifs is 3. The van der Waals surface area contributed by atoms with Gasteiger partial charge in [0.25, 0.3) is 0 Å². The highest BCUT2D eigenvalue weighted by Crippen LogP contribution is 2.47. The molecular weight excluding hydrogens is 454 g/mol. The number of unbranched alkanes of at least 4 members (excludes halogenated alkanes) is 2. The highest BCUT2D eigenvalue weighted by Gasteiger charge is 2.53. The van der Waals surface area contributed by atoms with Gasteiger partial charge >= 0.3 is 12.1 Å². The van der Waals surface area contributed by atoms with E-state index in [1.165, 1.54) is 0 Å². The van der Waals surface area contributed by atoms with Gasteiger partial charge in [-0.3, -0.25) is 0 Å². The van der Waals surface area contributed by atoms with Crippen molar-refractivity contribution in [2.75, 3.05) is 19.8 Å². The van der Waals surface area contributed by atoms with Crippen LogP contribution in [0.4, 0.5) is 26.3 Å². The first kappa shape index (κ1) is 23.8. The first-order valence-electron chi connectivity index (χ1n) is 10.5. The first-order valence-corrected chi connectivity index (χ1v) is 10.5. The Kier molecular flexibility index (Phi) is 6.36. The minimum Gasteiger partial charge on any atom is -0.429 e. The molecule has 3 heterocycles.